The molecule has 100 valence electrons. The van der Waals surface area contributed by atoms with Gasteiger partial charge in [-0.15, -0.1) is 0 Å². The van der Waals surface area contributed by atoms with Crippen LogP contribution in [0.25, 0.3) is 11.3 Å². The lowest BCUT2D eigenvalue weighted by Gasteiger charge is -2.09. The molecule has 0 bridgehead atoms. The molecule has 1 aromatic carbocycles. The summed E-state index contributed by atoms with van der Waals surface area (Å²) in [6, 6.07) is 7.24. The van der Waals surface area contributed by atoms with Crippen LogP contribution in [0.5, 0.6) is 0 Å². The summed E-state index contributed by atoms with van der Waals surface area (Å²) in [5.74, 6) is 1.51. The Kier molecular flexibility index (Phi) is 4.61. The summed E-state index contributed by atoms with van der Waals surface area (Å²) < 4.78 is 0. The van der Waals surface area contributed by atoms with E-state index in [1.54, 1.807) is 12.1 Å². The van der Waals surface area contributed by atoms with Crippen LogP contribution in [-0.4, -0.2) is 16.5 Å². The first-order valence-corrected chi connectivity index (χ1v) is 6.90. The van der Waals surface area contributed by atoms with Gasteiger partial charge in [0, 0.05) is 23.2 Å². The summed E-state index contributed by atoms with van der Waals surface area (Å²) in [7, 11) is 0. The predicted octanol–water partition coefficient (Wildman–Crippen LogP) is 4.58. The Morgan fingerprint density at radius 3 is 2.68 bits per heavy atom. The average molecular weight is 296 g/mol. The Bertz CT molecular complexity index is 585. The number of benzene rings is 1. The highest BCUT2D eigenvalue weighted by molar-refractivity contribution is 6.35. The van der Waals surface area contributed by atoms with Crippen molar-refractivity contribution >= 4 is 29.0 Å². The van der Waals surface area contributed by atoms with Crippen molar-refractivity contribution in [2.75, 3.05) is 11.9 Å². The molecule has 0 unspecified atom stereocenters. The van der Waals surface area contributed by atoms with Crippen molar-refractivity contribution in [3.63, 3.8) is 0 Å². The quantitative estimate of drug-likeness (QED) is 0.897. The van der Waals surface area contributed by atoms with E-state index in [1.165, 1.54) is 0 Å². The SMILES string of the molecule is CCCNc1cc(-c2cc(Cl)ccc2Cl)nc(C)n1. The highest BCUT2D eigenvalue weighted by Gasteiger charge is 2.08. The van der Waals surface area contributed by atoms with Crippen molar-refractivity contribution in [2.45, 2.75) is 20.3 Å². The summed E-state index contributed by atoms with van der Waals surface area (Å²) in [5, 5.41) is 4.52. The van der Waals surface area contributed by atoms with Gasteiger partial charge in [-0.3, -0.25) is 0 Å². The van der Waals surface area contributed by atoms with Crippen molar-refractivity contribution in [1.82, 2.24) is 9.97 Å². The Hall–Kier alpha value is -1.32. The highest BCUT2D eigenvalue weighted by atomic mass is 35.5. The van der Waals surface area contributed by atoms with Gasteiger partial charge in [0.25, 0.3) is 0 Å². The topological polar surface area (TPSA) is 37.8 Å². The molecule has 19 heavy (non-hydrogen) atoms. The van der Waals surface area contributed by atoms with E-state index in [0.29, 0.717) is 15.9 Å². The molecule has 1 heterocycles. The predicted molar refractivity (Wildman–Crippen MR) is 81.0 cm³/mol. The van der Waals surface area contributed by atoms with Crippen LogP contribution < -0.4 is 5.32 Å². The molecule has 0 radical (unpaired) electrons. The van der Waals surface area contributed by atoms with Crippen molar-refractivity contribution in [2.24, 2.45) is 0 Å². The van der Waals surface area contributed by atoms with Crippen LogP contribution in [0.15, 0.2) is 24.3 Å². The zero-order valence-corrected chi connectivity index (χ0v) is 12.4. The van der Waals surface area contributed by atoms with Gasteiger partial charge in [0.15, 0.2) is 0 Å². The largest absolute Gasteiger partial charge is 0.370 e. The van der Waals surface area contributed by atoms with E-state index < -0.39 is 0 Å². The van der Waals surface area contributed by atoms with E-state index in [9.17, 15) is 0 Å². The zero-order chi connectivity index (χ0) is 13.8. The standard InChI is InChI=1S/C14H15Cl2N3/c1-3-6-17-14-8-13(18-9(2)19-14)11-7-10(15)4-5-12(11)16/h4-5,7-8H,3,6H2,1-2H3,(H,17,18,19). The van der Waals surface area contributed by atoms with Crippen molar-refractivity contribution in [3.8, 4) is 11.3 Å². The van der Waals surface area contributed by atoms with Crippen LogP contribution in [0.4, 0.5) is 5.82 Å². The zero-order valence-electron chi connectivity index (χ0n) is 10.9. The molecule has 0 spiro atoms. The first-order valence-electron chi connectivity index (χ1n) is 6.15. The Balaban J connectivity index is 2.43. The Morgan fingerprint density at radius 2 is 1.95 bits per heavy atom. The van der Waals surface area contributed by atoms with Gasteiger partial charge in [0.2, 0.25) is 0 Å². The molecule has 5 heteroatoms. The first kappa shape index (κ1) is 14.1. The number of anilines is 1. The second-order valence-electron chi connectivity index (χ2n) is 4.24. The summed E-state index contributed by atoms with van der Waals surface area (Å²) >= 11 is 12.2. The molecule has 0 aliphatic heterocycles. The number of nitrogens with zero attached hydrogens (tertiary/aromatic N) is 2. The third-order valence-electron chi connectivity index (χ3n) is 2.60. The molecule has 3 nitrogen and oxygen atoms in total. The molecule has 0 aliphatic rings. The van der Waals surface area contributed by atoms with Gasteiger partial charge in [0.1, 0.15) is 11.6 Å². The van der Waals surface area contributed by atoms with E-state index in [1.807, 2.05) is 19.1 Å². The maximum absolute atomic E-state index is 6.20. The molecular weight excluding hydrogens is 281 g/mol. The summed E-state index contributed by atoms with van der Waals surface area (Å²) in [6.07, 6.45) is 1.04. The minimum absolute atomic E-state index is 0.629. The molecule has 0 amide bonds. The number of hydrogen-bond donors (Lipinski definition) is 1. The smallest absolute Gasteiger partial charge is 0.130 e. The van der Waals surface area contributed by atoms with Crippen LogP contribution >= 0.6 is 23.2 Å². The molecule has 1 aromatic heterocycles. The van der Waals surface area contributed by atoms with Crippen molar-refractivity contribution in [3.05, 3.63) is 40.1 Å². The average Bonchev–Trinajstić information content (AvgIpc) is 2.38. The van der Waals surface area contributed by atoms with Gasteiger partial charge < -0.3 is 5.32 Å². The highest BCUT2D eigenvalue weighted by Crippen LogP contribution is 2.30. The summed E-state index contributed by atoms with van der Waals surface area (Å²) in [4.78, 5) is 8.77. The maximum Gasteiger partial charge on any atom is 0.130 e. The lowest BCUT2D eigenvalue weighted by Crippen LogP contribution is -2.04. The molecule has 0 aliphatic carbocycles. The van der Waals surface area contributed by atoms with Gasteiger partial charge in [-0.1, -0.05) is 30.1 Å². The number of rotatable bonds is 4. The molecule has 2 rings (SSSR count). The fourth-order valence-electron chi connectivity index (χ4n) is 1.74. The van der Waals surface area contributed by atoms with Crippen molar-refractivity contribution < 1.29 is 0 Å². The van der Waals surface area contributed by atoms with Gasteiger partial charge in [0.05, 0.1) is 10.7 Å². The second kappa shape index (κ2) is 6.22. The lowest BCUT2D eigenvalue weighted by atomic mass is 10.1. The minimum atomic E-state index is 0.629. The number of nitrogens with one attached hydrogen (secondary N) is 1. The molecule has 0 fully saturated rings. The van der Waals surface area contributed by atoms with Gasteiger partial charge >= 0.3 is 0 Å². The minimum Gasteiger partial charge on any atom is -0.370 e. The maximum atomic E-state index is 6.20. The third-order valence-corrected chi connectivity index (χ3v) is 3.16. The fraction of sp³-hybridized carbons (Fsp3) is 0.286. The molecular formula is C14H15Cl2N3. The van der Waals surface area contributed by atoms with E-state index in [4.69, 9.17) is 23.2 Å². The molecule has 1 N–H and O–H groups in total. The van der Waals surface area contributed by atoms with Crippen LogP contribution in [0.1, 0.15) is 19.2 Å². The molecule has 2 aromatic rings. The molecule has 0 saturated heterocycles. The summed E-state index contributed by atoms with van der Waals surface area (Å²) in [5.41, 5.74) is 1.60. The lowest BCUT2D eigenvalue weighted by molar-refractivity contribution is 0.955. The number of hydrogen-bond acceptors (Lipinski definition) is 3. The second-order valence-corrected chi connectivity index (χ2v) is 5.08. The van der Waals surface area contributed by atoms with E-state index >= 15 is 0 Å². The Labute approximate surface area is 123 Å². The monoisotopic (exact) mass is 295 g/mol. The number of aromatic nitrogens is 2. The van der Waals surface area contributed by atoms with Gasteiger partial charge in [-0.25, -0.2) is 9.97 Å². The van der Waals surface area contributed by atoms with Crippen LogP contribution in [0.3, 0.4) is 0 Å². The van der Waals surface area contributed by atoms with Gasteiger partial charge in [-0.05, 0) is 31.5 Å². The normalized spacial score (nSPS) is 10.5. The van der Waals surface area contributed by atoms with Crippen LogP contribution in [0, 0.1) is 6.92 Å². The van der Waals surface area contributed by atoms with E-state index in [2.05, 4.69) is 22.2 Å². The first-order chi connectivity index (χ1) is 9.10. The number of halogens is 2. The van der Waals surface area contributed by atoms with Crippen LogP contribution in [-0.2, 0) is 0 Å². The molecule has 0 saturated carbocycles. The Morgan fingerprint density at radius 1 is 1.16 bits per heavy atom. The van der Waals surface area contributed by atoms with Crippen LogP contribution in [0.2, 0.25) is 10.0 Å². The fourth-order valence-corrected chi connectivity index (χ4v) is 2.13. The van der Waals surface area contributed by atoms with Crippen molar-refractivity contribution in [1.29, 1.82) is 0 Å². The van der Waals surface area contributed by atoms with E-state index in [0.717, 1.165) is 30.0 Å². The number of aryl methyl sites for hydroxylation is 1. The van der Waals surface area contributed by atoms with Gasteiger partial charge in [-0.2, -0.15) is 0 Å². The summed E-state index contributed by atoms with van der Waals surface area (Å²) in [6.45, 7) is 4.84. The molecule has 0 atom stereocenters. The third kappa shape index (κ3) is 3.58. The van der Waals surface area contributed by atoms with E-state index in [-0.39, 0.29) is 0 Å².